The molecule has 2 heterocycles. The molecule has 0 spiro atoms. The Balaban J connectivity index is 0.000000169. The highest BCUT2D eigenvalue weighted by Gasteiger charge is 2.47. The lowest BCUT2D eigenvalue weighted by Crippen LogP contribution is -2.42. The maximum atomic E-state index is 12.2. The Hall–Kier alpha value is -6.18. The number of hydrogen-bond donors (Lipinski definition) is 3. The number of aryl methyl sites for hydroxylation is 2. The SMILES string of the molecule is COc1ccc(C2(O)c3ccc(C)c(C)c3OCC2c2ccc(C)cc2)cc1.COc1ccc(C2=C(c3ccc(O)cc3)COc3c2ccc(O)c3C)cc1. The lowest BCUT2D eigenvalue weighted by atomic mass is 9.71. The molecule has 6 aromatic carbocycles. The molecule has 8 rings (SSSR count). The number of aromatic hydroxyl groups is 2. The molecular weight excluding hydrogens is 689 g/mol. The van der Waals surface area contributed by atoms with Crippen LogP contribution >= 0.6 is 0 Å². The van der Waals surface area contributed by atoms with Gasteiger partial charge in [-0.2, -0.15) is 0 Å². The van der Waals surface area contributed by atoms with Gasteiger partial charge in [0.25, 0.3) is 0 Å². The molecule has 0 saturated heterocycles. The molecule has 0 aliphatic carbocycles. The molecule has 0 aromatic heterocycles. The van der Waals surface area contributed by atoms with Gasteiger partial charge in [-0.15, -0.1) is 0 Å². The first-order valence-corrected chi connectivity index (χ1v) is 18.3. The number of aliphatic hydroxyl groups is 1. The van der Waals surface area contributed by atoms with Gasteiger partial charge in [0.2, 0.25) is 0 Å². The quantitative estimate of drug-likeness (QED) is 0.157. The van der Waals surface area contributed by atoms with Crippen LogP contribution in [-0.2, 0) is 5.60 Å². The van der Waals surface area contributed by atoms with E-state index in [4.69, 9.17) is 18.9 Å². The Bertz CT molecular complexity index is 2340. The lowest BCUT2D eigenvalue weighted by Gasteiger charge is -2.42. The summed E-state index contributed by atoms with van der Waals surface area (Å²) >= 11 is 0. The van der Waals surface area contributed by atoms with Gasteiger partial charge in [-0.1, -0.05) is 78.4 Å². The van der Waals surface area contributed by atoms with Crippen LogP contribution < -0.4 is 18.9 Å². The van der Waals surface area contributed by atoms with Gasteiger partial charge in [0.1, 0.15) is 46.7 Å². The van der Waals surface area contributed by atoms with Crippen molar-refractivity contribution in [1.29, 1.82) is 0 Å². The van der Waals surface area contributed by atoms with E-state index in [-0.39, 0.29) is 17.4 Å². The van der Waals surface area contributed by atoms with Crippen LogP contribution in [0.5, 0.6) is 34.5 Å². The zero-order valence-electron chi connectivity index (χ0n) is 32.0. The maximum absolute atomic E-state index is 12.2. The summed E-state index contributed by atoms with van der Waals surface area (Å²) in [6, 6.07) is 38.7. The van der Waals surface area contributed by atoms with Crippen molar-refractivity contribution < 1.29 is 34.3 Å². The summed E-state index contributed by atoms with van der Waals surface area (Å²) in [4.78, 5) is 0. The first-order valence-electron chi connectivity index (χ1n) is 18.3. The van der Waals surface area contributed by atoms with E-state index in [2.05, 4.69) is 51.1 Å². The monoisotopic (exact) mass is 734 g/mol. The van der Waals surface area contributed by atoms with E-state index in [9.17, 15) is 15.3 Å². The van der Waals surface area contributed by atoms with E-state index >= 15 is 0 Å². The highest BCUT2D eigenvalue weighted by atomic mass is 16.5. The molecule has 6 aromatic rings. The van der Waals surface area contributed by atoms with Gasteiger partial charge in [-0.05, 0) is 115 Å². The van der Waals surface area contributed by atoms with Crippen molar-refractivity contribution in [3.63, 3.8) is 0 Å². The minimum Gasteiger partial charge on any atom is -0.508 e. The lowest BCUT2D eigenvalue weighted by molar-refractivity contribution is 0.0103. The molecule has 2 aliphatic rings. The summed E-state index contributed by atoms with van der Waals surface area (Å²) in [5.41, 5.74) is 10.7. The zero-order valence-corrected chi connectivity index (χ0v) is 32.0. The molecule has 7 heteroatoms. The highest BCUT2D eigenvalue weighted by molar-refractivity contribution is 6.02. The van der Waals surface area contributed by atoms with E-state index < -0.39 is 5.60 Å². The van der Waals surface area contributed by atoms with Crippen LogP contribution in [0.4, 0.5) is 0 Å². The number of fused-ring (bicyclic) bond motifs is 2. The zero-order chi connectivity index (χ0) is 38.9. The summed E-state index contributed by atoms with van der Waals surface area (Å²) < 4.78 is 22.8. The molecule has 0 fully saturated rings. The molecule has 0 radical (unpaired) electrons. The molecule has 0 bridgehead atoms. The minimum absolute atomic E-state index is 0.212. The largest absolute Gasteiger partial charge is 0.508 e. The van der Waals surface area contributed by atoms with Crippen molar-refractivity contribution in [2.24, 2.45) is 0 Å². The van der Waals surface area contributed by atoms with E-state index in [1.165, 1.54) is 5.56 Å². The van der Waals surface area contributed by atoms with Gasteiger partial charge in [0.05, 0.1) is 26.7 Å². The van der Waals surface area contributed by atoms with Crippen LogP contribution in [0, 0.1) is 27.7 Å². The van der Waals surface area contributed by atoms with Gasteiger partial charge in [-0.25, -0.2) is 0 Å². The number of phenols is 2. The fourth-order valence-corrected chi connectivity index (χ4v) is 7.51. The predicted molar refractivity (Wildman–Crippen MR) is 217 cm³/mol. The van der Waals surface area contributed by atoms with Gasteiger partial charge in [-0.3, -0.25) is 0 Å². The van der Waals surface area contributed by atoms with Crippen molar-refractivity contribution in [3.8, 4) is 34.5 Å². The number of phenolic OH excluding ortho intramolecular Hbond substituents is 2. The molecule has 0 amide bonds. The normalized spacial score (nSPS) is 17.1. The topological polar surface area (TPSA) is 97.6 Å². The third-order valence-corrected chi connectivity index (χ3v) is 10.9. The second-order valence-corrected chi connectivity index (χ2v) is 14.2. The van der Waals surface area contributed by atoms with Crippen LogP contribution in [0.1, 0.15) is 61.6 Å². The average molecular weight is 735 g/mol. The minimum atomic E-state index is -1.19. The van der Waals surface area contributed by atoms with Crippen LogP contribution in [0.2, 0.25) is 0 Å². The summed E-state index contributed by atoms with van der Waals surface area (Å²) in [5, 5.41) is 31.9. The summed E-state index contributed by atoms with van der Waals surface area (Å²) in [7, 11) is 3.29. The molecule has 55 heavy (non-hydrogen) atoms. The van der Waals surface area contributed by atoms with Crippen LogP contribution in [0.15, 0.2) is 121 Å². The molecular formula is C48H46O7. The van der Waals surface area contributed by atoms with Crippen LogP contribution in [0.25, 0.3) is 11.1 Å². The first-order chi connectivity index (χ1) is 26.5. The Morgan fingerprint density at radius 3 is 1.87 bits per heavy atom. The fraction of sp³-hybridized carbons (Fsp3) is 0.208. The van der Waals surface area contributed by atoms with E-state index in [1.807, 2.05) is 79.7 Å². The molecule has 7 nitrogen and oxygen atoms in total. The van der Waals surface area contributed by atoms with Gasteiger partial charge in [0, 0.05) is 22.3 Å². The molecule has 2 unspecified atom stereocenters. The highest BCUT2D eigenvalue weighted by Crippen LogP contribution is 2.51. The third kappa shape index (κ3) is 6.99. The van der Waals surface area contributed by atoms with Crippen LogP contribution in [0.3, 0.4) is 0 Å². The fourth-order valence-electron chi connectivity index (χ4n) is 7.51. The van der Waals surface area contributed by atoms with Crippen LogP contribution in [-0.4, -0.2) is 42.8 Å². The summed E-state index contributed by atoms with van der Waals surface area (Å²) in [6.45, 7) is 8.84. The van der Waals surface area contributed by atoms with Crippen molar-refractivity contribution >= 4 is 11.1 Å². The molecule has 0 saturated carbocycles. The van der Waals surface area contributed by atoms with Gasteiger partial charge < -0.3 is 34.3 Å². The number of hydrogen-bond acceptors (Lipinski definition) is 7. The molecule has 2 atom stereocenters. The Kier molecular flexibility index (Phi) is 10.3. The average Bonchev–Trinajstić information content (AvgIpc) is 3.21. The Morgan fingerprint density at radius 2 is 1.24 bits per heavy atom. The standard InChI is InChI=1S/C25H26O3.C23H20O4/c1-16-5-8-19(9-6-16)23-15-28-24-18(3)17(2)7-14-22(24)25(23,26)20-10-12-21(27-4)13-11-20;1-14-21(25)12-11-19-22(16-5-9-18(26-2)10-6-16)20(13-27-23(14)19)15-3-7-17(24)8-4-15/h5-14,23,26H,15H2,1-4H3;3-12,24-25H,13H2,1-2H3. The van der Waals surface area contributed by atoms with Crippen molar-refractivity contribution in [2.45, 2.75) is 39.2 Å². The second-order valence-electron chi connectivity index (χ2n) is 14.2. The van der Waals surface area contributed by atoms with Crippen molar-refractivity contribution in [3.05, 3.63) is 177 Å². The van der Waals surface area contributed by atoms with E-state index in [0.717, 1.165) is 78.5 Å². The number of rotatable bonds is 6. The van der Waals surface area contributed by atoms with E-state index in [0.29, 0.717) is 19.0 Å². The number of ether oxygens (including phenoxy) is 4. The summed E-state index contributed by atoms with van der Waals surface area (Å²) in [5.74, 6) is 3.28. The second kappa shape index (κ2) is 15.3. The first kappa shape index (κ1) is 37.1. The third-order valence-electron chi connectivity index (χ3n) is 10.9. The molecule has 3 N–H and O–H groups in total. The number of benzene rings is 6. The summed E-state index contributed by atoms with van der Waals surface area (Å²) in [6.07, 6.45) is 0. The molecule has 2 aliphatic heterocycles. The van der Waals surface area contributed by atoms with Gasteiger partial charge >= 0.3 is 0 Å². The molecule has 280 valence electrons. The van der Waals surface area contributed by atoms with Crippen molar-refractivity contribution in [2.75, 3.05) is 27.4 Å². The maximum Gasteiger partial charge on any atom is 0.134 e. The Labute approximate surface area is 322 Å². The predicted octanol–water partition coefficient (Wildman–Crippen LogP) is 9.80. The Morgan fingerprint density at radius 1 is 0.618 bits per heavy atom. The van der Waals surface area contributed by atoms with Crippen molar-refractivity contribution in [1.82, 2.24) is 0 Å². The van der Waals surface area contributed by atoms with Gasteiger partial charge in [0.15, 0.2) is 0 Å². The van der Waals surface area contributed by atoms with E-state index in [1.54, 1.807) is 32.4 Å². The number of methoxy groups -OCH3 is 2. The smallest absolute Gasteiger partial charge is 0.134 e.